The number of esters is 1. The van der Waals surface area contributed by atoms with Crippen LogP contribution in [0.2, 0.25) is 0 Å². The number of nitrogens with two attached hydrogens (primary N) is 1. The number of rotatable bonds is 4. The summed E-state index contributed by atoms with van der Waals surface area (Å²) in [5, 5.41) is 0. The summed E-state index contributed by atoms with van der Waals surface area (Å²) in [6.07, 6.45) is 0.165. The first-order valence-corrected chi connectivity index (χ1v) is 5.65. The molecule has 0 saturated heterocycles. The third-order valence-electron chi connectivity index (χ3n) is 2.02. The monoisotopic (exact) mass is 287 g/mol. The maximum atomic E-state index is 11.4. The first-order chi connectivity index (χ1) is 7.58. The van der Waals surface area contributed by atoms with Crippen molar-refractivity contribution >= 4 is 27.6 Å². The van der Waals surface area contributed by atoms with E-state index in [4.69, 9.17) is 15.2 Å². The zero-order valence-corrected chi connectivity index (χ0v) is 10.8. The lowest BCUT2D eigenvalue weighted by molar-refractivity contribution is -0.142. The Hall–Kier alpha value is -1.23. The lowest BCUT2D eigenvalue weighted by Gasteiger charge is -2.11. The van der Waals surface area contributed by atoms with E-state index in [0.717, 1.165) is 10.0 Å². The van der Waals surface area contributed by atoms with Gasteiger partial charge in [-0.15, -0.1) is 0 Å². The largest absolute Gasteiger partial charge is 0.496 e. The zero-order chi connectivity index (χ0) is 12.1. The van der Waals surface area contributed by atoms with E-state index in [1.54, 1.807) is 19.1 Å². The predicted octanol–water partition coefficient (Wildman–Crippen LogP) is 2.15. The van der Waals surface area contributed by atoms with Gasteiger partial charge < -0.3 is 15.2 Å². The number of hydrogen-bond acceptors (Lipinski definition) is 4. The molecule has 0 spiro atoms. The maximum absolute atomic E-state index is 11.4. The number of carbonyl (C=O) groups is 1. The van der Waals surface area contributed by atoms with E-state index in [9.17, 15) is 4.79 Å². The summed E-state index contributed by atoms with van der Waals surface area (Å²) >= 11 is 3.35. The number of ether oxygens (including phenoxy) is 2. The van der Waals surface area contributed by atoms with Gasteiger partial charge in [-0.3, -0.25) is 4.79 Å². The summed E-state index contributed by atoms with van der Waals surface area (Å²) in [5.41, 5.74) is 6.99. The number of hydrogen-bond donors (Lipinski definition) is 1. The van der Waals surface area contributed by atoms with E-state index in [0.29, 0.717) is 18.0 Å². The van der Waals surface area contributed by atoms with Gasteiger partial charge in [0.25, 0.3) is 0 Å². The van der Waals surface area contributed by atoms with Crippen molar-refractivity contribution in [3.05, 3.63) is 22.2 Å². The van der Waals surface area contributed by atoms with Gasteiger partial charge in [0.15, 0.2) is 0 Å². The summed E-state index contributed by atoms with van der Waals surface area (Å²) in [6, 6.07) is 3.41. The molecule has 1 rings (SSSR count). The van der Waals surface area contributed by atoms with E-state index in [-0.39, 0.29) is 12.4 Å². The van der Waals surface area contributed by atoms with Crippen molar-refractivity contribution in [1.29, 1.82) is 0 Å². The third kappa shape index (κ3) is 3.13. The molecule has 88 valence electrons. The van der Waals surface area contributed by atoms with Gasteiger partial charge in [0.2, 0.25) is 0 Å². The molecule has 1 aromatic carbocycles. The number of carbonyl (C=O) groups excluding carboxylic acids is 1. The van der Waals surface area contributed by atoms with Crippen molar-refractivity contribution < 1.29 is 14.3 Å². The third-order valence-corrected chi connectivity index (χ3v) is 2.73. The number of halogens is 1. The molecule has 0 bridgehead atoms. The summed E-state index contributed by atoms with van der Waals surface area (Å²) in [4.78, 5) is 11.4. The van der Waals surface area contributed by atoms with Crippen LogP contribution in [-0.2, 0) is 16.0 Å². The Bertz CT molecular complexity index is 393. The fourth-order valence-corrected chi connectivity index (χ4v) is 1.94. The molecule has 0 heterocycles. The highest BCUT2D eigenvalue weighted by Crippen LogP contribution is 2.30. The van der Waals surface area contributed by atoms with Gasteiger partial charge >= 0.3 is 5.97 Å². The van der Waals surface area contributed by atoms with Gasteiger partial charge in [-0.05, 0) is 13.0 Å². The second-order valence-corrected chi connectivity index (χ2v) is 4.02. The average Bonchev–Trinajstić information content (AvgIpc) is 2.22. The van der Waals surface area contributed by atoms with Gasteiger partial charge in [0, 0.05) is 21.8 Å². The van der Waals surface area contributed by atoms with Crippen LogP contribution in [0.15, 0.2) is 16.6 Å². The number of anilines is 1. The topological polar surface area (TPSA) is 61.5 Å². The van der Waals surface area contributed by atoms with Crippen LogP contribution in [0.25, 0.3) is 0 Å². The summed E-state index contributed by atoms with van der Waals surface area (Å²) in [7, 11) is 1.54. The molecule has 0 unspecified atom stereocenters. The summed E-state index contributed by atoms with van der Waals surface area (Å²) in [6.45, 7) is 2.14. The smallest absolute Gasteiger partial charge is 0.310 e. The Labute approximate surface area is 103 Å². The van der Waals surface area contributed by atoms with Crippen LogP contribution in [0.4, 0.5) is 5.69 Å². The molecule has 0 radical (unpaired) electrons. The second kappa shape index (κ2) is 5.75. The van der Waals surface area contributed by atoms with E-state index in [1.807, 2.05) is 0 Å². The highest BCUT2D eigenvalue weighted by molar-refractivity contribution is 9.10. The highest BCUT2D eigenvalue weighted by Gasteiger charge is 2.13. The molecule has 0 fully saturated rings. The highest BCUT2D eigenvalue weighted by atomic mass is 79.9. The lowest BCUT2D eigenvalue weighted by atomic mass is 10.1. The van der Waals surface area contributed by atoms with Crippen molar-refractivity contribution in [1.82, 2.24) is 0 Å². The Balaban J connectivity index is 2.98. The fraction of sp³-hybridized carbons (Fsp3) is 0.364. The van der Waals surface area contributed by atoms with Crippen LogP contribution in [0, 0.1) is 0 Å². The van der Waals surface area contributed by atoms with Gasteiger partial charge in [-0.1, -0.05) is 15.9 Å². The average molecular weight is 288 g/mol. The van der Waals surface area contributed by atoms with Crippen LogP contribution in [0.3, 0.4) is 0 Å². The molecule has 0 amide bonds. The standard InChI is InChI=1S/C11H14BrNO3/c1-3-16-11(14)6-8-9(12)4-7(13)5-10(8)15-2/h4-5H,3,6,13H2,1-2H3. The molecule has 1 aromatic rings. The zero-order valence-electron chi connectivity index (χ0n) is 9.25. The van der Waals surface area contributed by atoms with E-state index < -0.39 is 0 Å². The van der Waals surface area contributed by atoms with Gasteiger partial charge in [0.1, 0.15) is 5.75 Å². The predicted molar refractivity (Wildman–Crippen MR) is 65.4 cm³/mol. The van der Waals surface area contributed by atoms with E-state index >= 15 is 0 Å². The molecule has 16 heavy (non-hydrogen) atoms. The van der Waals surface area contributed by atoms with Crippen molar-refractivity contribution in [3.8, 4) is 5.75 Å². The van der Waals surface area contributed by atoms with Crippen LogP contribution in [-0.4, -0.2) is 19.7 Å². The van der Waals surface area contributed by atoms with Crippen molar-refractivity contribution in [2.45, 2.75) is 13.3 Å². The Kier molecular flexibility index (Phi) is 4.61. The van der Waals surface area contributed by atoms with Crippen molar-refractivity contribution in [2.24, 2.45) is 0 Å². The van der Waals surface area contributed by atoms with Gasteiger partial charge in [-0.2, -0.15) is 0 Å². The van der Waals surface area contributed by atoms with Crippen molar-refractivity contribution in [3.63, 3.8) is 0 Å². The van der Waals surface area contributed by atoms with E-state index in [2.05, 4.69) is 15.9 Å². The van der Waals surface area contributed by atoms with Crippen LogP contribution in [0.5, 0.6) is 5.75 Å². The first-order valence-electron chi connectivity index (χ1n) is 4.86. The van der Waals surface area contributed by atoms with Crippen LogP contribution >= 0.6 is 15.9 Å². The second-order valence-electron chi connectivity index (χ2n) is 3.17. The molecular formula is C11H14BrNO3. The summed E-state index contributed by atoms with van der Waals surface area (Å²) < 4.78 is 10.8. The normalized spacial score (nSPS) is 9.94. The van der Waals surface area contributed by atoms with Gasteiger partial charge in [-0.25, -0.2) is 0 Å². The summed E-state index contributed by atoms with van der Waals surface area (Å²) in [5.74, 6) is 0.297. The minimum atomic E-state index is -0.286. The first kappa shape index (κ1) is 12.8. The Morgan fingerprint density at radius 1 is 1.50 bits per heavy atom. The maximum Gasteiger partial charge on any atom is 0.310 e. The number of methoxy groups -OCH3 is 1. The molecule has 0 atom stereocenters. The SMILES string of the molecule is CCOC(=O)Cc1c(Br)cc(N)cc1OC. The molecule has 4 nitrogen and oxygen atoms in total. The molecule has 0 aliphatic rings. The molecule has 5 heteroatoms. The van der Waals surface area contributed by atoms with Crippen LogP contribution < -0.4 is 10.5 Å². The Morgan fingerprint density at radius 3 is 2.75 bits per heavy atom. The number of nitrogen functional groups attached to an aromatic ring is 1. The van der Waals surface area contributed by atoms with E-state index in [1.165, 1.54) is 7.11 Å². The van der Waals surface area contributed by atoms with Gasteiger partial charge in [0.05, 0.1) is 20.1 Å². The fourth-order valence-electron chi connectivity index (χ4n) is 1.34. The van der Waals surface area contributed by atoms with Crippen LogP contribution in [0.1, 0.15) is 12.5 Å². The minimum absolute atomic E-state index is 0.165. The molecule has 0 aliphatic carbocycles. The van der Waals surface area contributed by atoms with Crippen molar-refractivity contribution in [2.75, 3.05) is 19.5 Å². The molecular weight excluding hydrogens is 274 g/mol. The number of benzene rings is 1. The molecule has 0 aromatic heterocycles. The molecule has 0 saturated carbocycles. The lowest BCUT2D eigenvalue weighted by Crippen LogP contribution is -2.09. The Morgan fingerprint density at radius 2 is 2.19 bits per heavy atom. The minimum Gasteiger partial charge on any atom is -0.496 e. The molecule has 0 aliphatic heterocycles. The molecule has 2 N–H and O–H groups in total. The quantitative estimate of drug-likeness (QED) is 0.681.